The van der Waals surface area contributed by atoms with Crippen LogP contribution in [0.3, 0.4) is 0 Å². The van der Waals surface area contributed by atoms with Crippen molar-refractivity contribution >= 4 is 58.0 Å². The van der Waals surface area contributed by atoms with Crippen molar-refractivity contribution in [3.05, 3.63) is 65.2 Å². The quantitative estimate of drug-likeness (QED) is 0.344. The van der Waals surface area contributed by atoms with Gasteiger partial charge >= 0.3 is 0 Å². The zero-order valence-corrected chi connectivity index (χ0v) is 18.9. The molecule has 0 aliphatic carbocycles. The number of aliphatic hydroxyl groups excluding tert-OH is 2. The Morgan fingerprint density at radius 2 is 1.84 bits per heavy atom. The number of amides is 1. The third-order valence-corrected chi connectivity index (χ3v) is 4.74. The standard InChI is InChI=1S/C19H16Cl4N4O4/c1-10(28)17(30)31-12-7-8-14(13(20)9-12)24-16(29)15-25-18(19(21,22)23)27(26-15)11-5-3-2-4-6-11/h2-10,17,28,30H,1H3,(H,24,29). The van der Waals surface area contributed by atoms with E-state index in [9.17, 15) is 15.0 Å². The normalized spacial score (nSPS) is 13.5. The second-order valence-electron chi connectivity index (χ2n) is 6.35. The number of aliphatic hydroxyl groups is 2. The topological polar surface area (TPSA) is 109 Å². The van der Waals surface area contributed by atoms with Crippen LogP contribution in [0.1, 0.15) is 23.4 Å². The molecule has 1 amide bonds. The molecule has 2 atom stereocenters. The van der Waals surface area contributed by atoms with Crippen LogP contribution in [0.25, 0.3) is 5.69 Å². The van der Waals surface area contributed by atoms with E-state index in [0.717, 1.165) is 0 Å². The minimum Gasteiger partial charge on any atom is -0.462 e. The van der Waals surface area contributed by atoms with E-state index >= 15 is 0 Å². The van der Waals surface area contributed by atoms with Gasteiger partial charge in [0.05, 0.1) is 16.4 Å². The molecule has 31 heavy (non-hydrogen) atoms. The van der Waals surface area contributed by atoms with Gasteiger partial charge in [0.1, 0.15) is 11.9 Å². The van der Waals surface area contributed by atoms with Gasteiger partial charge in [0.15, 0.2) is 5.82 Å². The van der Waals surface area contributed by atoms with Gasteiger partial charge in [-0.05, 0) is 31.2 Å². The lowest BCUT2D eigenvalue weighted by Gasteiger charge is -2.16. The average Bonchev–Trinajstić information content (AvgIpc) is 3.17. The number of hydrogen-bond acceptors (Lipinski definition) is 6. The van der Waals surface area contributed by atoms with Crippen molar-refractivity contribution in [2.75, 3.05) is 5.32 Å². The van der Waals surface area contributed by atoms with E-state index in [0.29, 0.717) is 5.69 Å². The molecule has 0 spiro atoms. The summed E-state index contributed by atoms with van der Waals surface area (Å²) in [5, 5.41) is 25.7. The van der Waals surface area contributed by atoms with Crippen LogP contribution in [0, 0.1) is 0 Å². The third-order valence-electron chi connectivity index (χ3n) is 3.92. The highest BCUT2D eigenvalue weighted by Gasteiger charge is 2.33. The number of anilines is 1. The molecule has 3 aromatic rings. The monoisotopic (exact) mass is 504 g/mol. The summed E-state index contributed by atoms with van der Waals surface area (Å²) >= 11 is 24.2. The van der Waals surface area contributed by atoms with Crippen molar-refractivity contribution in [2.24, 2.45) is 0 Å². The molecule has 1 aromatic heterocycles. The summed E-state index contributed by atoms with van der Waals surface area (Å²) in [5.74, 6) is -0.798. The first kappa shape index (κ1) is 23.6. The van der Waals surface area contributed by atoms with Gasteiger partial charge in [0.2, 0.25) is 15.9 Å². The minimum absolute atomic E-state index is 0.0594. The molecule has 0 bridgehead atoms. The average molecular weight is 506 g/mol. The second kappa shape index (κ2) is 9.60. The summed E-state index contributed by atoms with van der Waals surface area (Å²) in [6.07, 6.45) is -2.53. The summed E-state index contributed by atoms with van der Waals surface area (Å²) in [6.45, 7) is 1.37. The summed E-state index contributed by atoms with van der Waals surface area (Å²) in [4.78, 5) is 16.8. The number of aromatic nitrogens is 3. The zero-order chi connectivity index (χ0) is 22.8. The van der Waals surface area contributed by atoms with E-state index in [1.165, 1.54) is 29.8 Å². The molecule has 3 N–H and O–H groups in total. The molecule has 164 valence electrons. The number of ether oxygens (including phenoxy) is 1. The number of nitrogens with one attached hydrogen (secondary N) is 1. The SMILES string of the molecule is CC(O)C(O)Oc1ccc(NC(=O)c2nc(C(Cl)(Cl)Cl)n(-c3ccccc3)n2)c(Cl)c1. The molecule has 0 saturated heterocycles. The smallest absolute Gasteiger partial charge is 0.295 e. The fourth-order valence-electron chi connectivity index (χ4n) is 2.43. The highest BCUT2D eigenvalue weighted by atomic mass is 35.6. The van der Waals surface area contributed by atoms with Crippen LogP contribution in [0.2, 0.25) is 5.02 Å². The Balaban J connectivity index is 1.85. The number of carbonyl (C=O) groups is 1. The number of carbonyl (C=O) groups excluding carboxylic acids is 1. The van der Waals surface area contributed by atoms with Gasteiger partial charge in [-0.15, -0.1) is 5.10 Å². The Bertz CT molecular complexity index is 1070. The predicted octanol–water partition coefficient (Wildman–Crippen LogP) is 4.08. The molecule has 0 aliphatic heterocycles. The van der Waals surface area contributed by atoms with Crippen LogP contribution in [-0.2, 0) is 3.79 Å². The maximum Gasteiger partial charge on any atom is 0.295 e. The number of hydrogen-bond donors (Lipinski definition) is 3. The van der Waals surface area contributed by atoms with Crippen LogP contribution >= 0.6 is 46.4 Å². The number of alkyl halides is 3. The van der Waals surface area contributed by atoms with Crippen LogP contribution < -0.4 is 10.1 Å². The Kier molecular flexibility index (Phi) is 7.31. The first-order valence-corrected chi connectivity index (χ1v) is 10.3. The largest absolute Gasteiger partial charge is 0.462 e. The first-order valence-electron chi connectivity index (χ1n) is 8.79. The fraction of sp³-hybridized carbons (Fsp3) is 0.211. The Morgan fingerprint density at radius 3 is 2.42 bits per heavy atom. The van der Waals surface area contributed by atoms with Crippen molar-refractivity contribution in [2.45, 2.75) is 23.1 Å². The summed E-state index contributed by atoms with van der Waals surface area (Å²) in [5.41, 5.74) is 0.781. The van der Waals surface area contributed by atoms with Crippen molar-refractivity contribution in [1.82, 2.24) is 14.8 Å². The van der Waals surface area contributed by atoms with Gasteiger partial charge in [-0.1, -0.05) is 64.6 Å². The molecule has 0 radical (unpaired) electrons. The lowest BCUT2D eigenvalue weighted by Crippen LogP contribution is -2.28. The van der Waals surface area contributed by atoms with Crippen molar-refractivity contribution < 1.29 is 19.7 Å². The molecule has 0 saturated carbocycles. The van der Waals surface area contributed by atoms with Crippen LogP contribution in [-0.4, -0.2) is 43.3 Å². The van der Waals surface area contributed by atoms with Crippen molar-refractivity contribution in [3.63, 3.8) is 0 Å². The third kappa shape index (κ3) is 5.79. The molecule has 0 aliphatic rings. The number of nitrogens with zero attached hydrogens (tertiary/aromatic N) is 3. The highest BCUT2D eigenvalue weighted by molar-refractivity contribution is 6.66. The second-order valence-corrected chi connectivity index (χ2v) is 9.04. The van der Waals surface area contributed by atoms with E-state index < -0.39 is 22.1 Å². The number of rotatable bonds is 6. The Morgan fingerprint density at radius 1 is 1.16 bits per heavy atom. The van der Waals surface area contributed by atoms with Gasteiger partial charge in [-0.2, -0.15) is 0 Å². The number of benzene rings is 2. The van der Waals surface area contributed by atoms with Crippen molar-refractivity contribution in [1.29, 1.82) is 0 Å². The molecule has 0 fully saturated rings. The van der Waals surface area contributed by atoms with E-state index in [1.54, 1.807) is 30.3 Å². The summed E-state index contributed by atoms with van der Waals surface area (Å²) in [6, 6.07) is 13.0. The molecule has 12 heteroatoms. The highest BCUT2D eigenvalue weighted by Crippen LogP contribution is 2.38. The van der Waals surface area contributed by atoms with Crippen molar-refractivity contribution in [3.8, 4) is 11.4 Å². The molecule has 3 rings (SSSR count). The lowest BCUT2D eigenvalue weighted by atomic mass is 10.3. The maximum atomic E-state index is 12.7. The van der Waals surface area contributed by atoms with Gasteiger partial charge in [0.25, 0.3) is 5.91 Å². The molecule has 8 nitrogen and oxygen atoms in total. The van der Waals surface area contributed by atoms with E-state index in [4.69, 9.17) is 51.1 Å². The molecular formula is C19H16Cl4N4O4. The maximum absolute atomic E-state index is 12.7. The molecule has 2 aromatic carbocycles. The summed E-state index contributed by atoms with van der Waals surface area (Å²) in [7, 11) is 0. The molecule has 1 heterocycles. The zero-order valence-electron chi connectivity index (χ0n) is 15.8. The van der Waals surface area contributed by atoms with Crippen LogP contribution in [0.4, 0.5) is 5.69 Å². The van der Waals surface area contributed by atoms with Crippen LogP contribution in [0.15, 0.2) is 48.5 Å². The minimum atomic E-state index is -1.93. The van der Waals surface area contributed by atoms with E-state index in [1.807, 2.05) is 0 Å². The Labute approximate surface area is 197 Å². The number of halogens is 4. The molecular weight excluding hydrogens is 490 g/mol. The lowest BCUT2D eigenvalue weighted by molar-refractivity contribution is -0.0958. The summed E-state index contributed by atoms with van der Waals surface area (Å²) < 4.78 is 4.48. The van der Waals surface area contributed by atoms with Crippen LogP contribution in [0.5, 0.6) is 5.75 Å². The van der Waals surface area contributed by atoms with Gasteiger partial charge in [-0.25, -0.2) is 9.67 Å². The number of para-hydroxylation sites is 1. The van der Waals surface area contributed by atoms with Gasteiger partial charge in [-0.3, -0.25) is 4.79 Å². The van der Waals surface area contributed by atoms with E-state index in [2.05, 4.69) is 15.4 Å². The fourth-order valence-corrected chi connectivity index (χ4v) is 3.01. The Hall–Kier alpha value is -2.07. The van der Waals surface area contributed by atoms with Gasteiger partial charge < -0.3 is 20.3 Å². The first-order chi connectivity index (χ1) is 14.6. The molecule has 2 unspecified atom stereocenters. The van der Waals surface area contributed by atoms with Gasteiger partial charge in [0, 0.05) is 6.07 Å². The van der Waals surface area contributed by atoms with E-state index in [-0.39, 0.29) is 28.1 Å². The predicted molar refractivity (Wildman–Crippen MR) is 118 cm³/mol.